The summed E-state index contributed by atoms with van der Waals surface area (Å²) in [7, 11) is 0. The maximum Gasteiger partial charge on any atom is 0.220 e. The average Bonchev–Trinajstić information content (AvgIpc) is 2.76. The highest BCUT2D eigenvalue weighted by molar-refractivity contribution is 5.81. The Morgan fingerprint density at radius 2 is 1.83 bits per heavy atom. The molecule has 0 fully saturated rings. The normalized spacial score (nSPS) is 11.0. The number of aryl methyl sites for hydroxylation is 1. The summed E-state index contributed by atoms with van der Waals surface area (Å²) in [4.78, 5) is 18.9. The van der Waals surface area contributed by atoms with Gasteiger partial charge in [-0.2, -0.15) is 0 Å². The quantitative estimate of drug-likeness (QED) is 0.556. The van der Waals surface area contributed by atoms with E-state index in [0.29, 0.717) is 19.4 Å². The number of hydrogen-bond acceptors (Lipinski definition) is 4. The first-order chi connectivity index (χ1) is 14.2. The average molecular weight is 392 g/mol. The van der Waals surface area contributed by atoms with Crippen molar-refractivity contribution in [2.24, 2.45) is 0 Å². The largest absolute Gasteiger partial charge is 0.457 e. The van der Waals surface area contributed by atoms with Crippen LogP contribution < -0.4 is 10.1 Å². The standard InChI is InChI=1S/C24H29N3O2/c1-3-27(4-2)15-14-25-24(28)13-10-19-16-20-17-22(11-12-23(20)26-18-19)29-21-8-6-5-7-9-21/h5-9,11-12,16-18H,3-4,10,13-15H2,1-2H3,(H,25,28). The van der Waals surface area contributed by atoms with Crippen LogP contribution in [0, 0.1) is 0 Å². The van der Waals surface area contributed by atoms with E-state index in [1.54, 1.807) is 0 Å². The summed E-state index contributed by atoms with van der Waals surface area (Å²) < 4.78 is 5.91. The number of amides is 1. The smallest absolute Gasteiger partial charge is 0.220 e. The molecule has 3 aromatic rings. The molecule has 3 rings (SSSR count). The predicted octanol–water partition coefficient (Wildman–Crippen LogP) is 4.42. The number of carbonyl (C=O) groups is 1. The molecule has 29 heavy (non-hydrogen) atoms. The fourth-order valence-corrected chi connectivity index (χ4v) is 3.22. The van der Waals surface area contributed by atoms with Crippen LogP contribution in [0.15, 0.2) is 60.8 Å². The van der Waals surface area contributed by atoms with Crippen molar-refractivity contribution in [3.63, 3.8) is 0 Å². The molecule has 0 radical (unpaired) electrons. The number of hydrogen-bond donors (Lipinski definition) is 1. The molecule has 0 spiro atoms. The maximum atomic E-state index is 12.1. The topological polar surface area (TPSA) is 54.5 Å². The molecule has 0 unspecified atom stereocenters. The van der Waals surface area contributed by atoms with Crippen LogP contribution in [0.3, 0.4) is 0 Å². The number of para-hydroxylation sites is 1. The van der Waals surface area contributed by atoms with Gasteiger partial charge in [-0.3, -0.25) is 9.78 Å². The van der Waals surface area contributed by atoms with Crippen molar-refractivity contribution in [2.45, 2.75) is 26.7 Å². The van der Waals surface area contributed by atoms with Gasteiger partial charge in [0.15, 0.2) is 0 Å². The van der Waals surface area contributed by atoms with Gasteiger partial charge in [0.05, 0.1) is 5.52 Å². The lowest BCUT2D eigenvalue weighted by atomic mass is 10.1. The minimum atomic E-state index is 0.0819. The Hall–Kier alpha value is -2.92. The first kappa shape index (κ1) is 20.8. The lowest BCUT2D eigenvalue weighted by molar-refractivity contribution is -0.121. The van der Waals surface area contributed by atoms with E-state index in [4.69, 9.17) is 4.74 Å². The van der Waals surface area contributed by atoms with Crippen LogP contribution in [0.25, 0.3) is 10.9 Å². The molecule has 0 atom stereocenters. The summed E-state index contributed by atoms with van der Waals surface area (Å²) in [5.41, 5.74) is 1.96. The van der Waals surface area contributed by atoms with Crippen LogP contribution >= 0.6 is 0 Å². The molecule has 5 nitrogen and oxygen atoms in total. The SMILES string of the molecule is CCN(CC)CCNC(=O)CCc1cnc2ccc(Oc3ccccc3)cc2c1. The third-order valence-corrected chi connectivity index (χ3v) is 4.97. The summed E-state index contributed by atoms with van der Waals surface area (Å²) in [6.07, 6.45) is 2.98. The number of aromatic nitrogens is 1. The maximum absolute atomic E-state index is 12.1. The first-order valence-corrected chi connectivity index (χ1v) is 10.3. The molecule has 0 bridgehead atoms. The van der Waals surface area contributed by atoms with Gasteiger partial charge >= 0.3 is 0 Å². The summed E-state index contributed by atoms with van der Waals surface area (Å²) in [5, 5.41) is 4.02. The lowest BCUT2D eigenvalue weighted by Gasteiger charge is -2.17. The van der Waals surface area contributed by atoms with Crippen LogP contribution in [0.5, 0.6) is 11.5 Å². The Balaban J connectivity index is 1.56. The van der Waals surface area contributed by atoms with E-state index >= 15 is 0 Å². The van der Waals surface area contributed by atoms with Gasteiger partial charge in [-0.05, 0) is 61.5 Å². The second-order valence-electron chi connectivity index (χ2n) is 6.99. The number of ether oxygens (including phenoxy) is 1. The number of nitrogens with one attached hydrogen (secondary N) is 1. The van der Waals surface area contributed by atoms with Crippen LogP contribution in [0.4, 0.5) is 0 Å². The molecular weight excluding hydrogens is 362 g/mol. The molecule has 0 aliphatic carbocycles. The predicted molar refractivity (Wildman–Crippen MR) is 117 cm³/mol. The second kappa shape index (κ2) is 10.6. The number of benzene rings is 2. The summed E-state index contributed by atoms with van der Waals surface area (Å²) in [5.74, 6) is 1.66. The van der Waals surface area contributed by atoms with Gasteiger partial charge in [-0.25, -0.2) is 0 Å². The molecule has 1 amide bonds. The molecule has 0 saturated carbocycles. The zero-order valence-electron chi connectivity index (χ0n) is 17.2. The van der Waals surface area contributed by atoms with Crippen molar-refractivity contribution in [1.82, 2.24) is 15.2 Å². The number of fused-ring (bicyclic) bond motifs is 1. The Morgan fingerprint density at radius 1 is 1.03 bits per heavy atom. The van der Waals surface area contributed by atoms with Gasteiger partial charge in [0.2, 0.25) is 5.91 Å². The van der Waals surface area contributed by atoms with E-state index in [1.807, 2.05) is 54.7 Å². The van der Waals surface area contributed by atoms with E-state index in [2.05, 4.69) is 35.1 Å². The van der Waals surface area contributed by atoms with E-state index in [1.165, 1.54) is 0 Å². The number of carbonyl (C=O) groups excluding carboxylic acids is 1. The Labute approximate surface area is 172 Å². The van der Waals surface area contributed by atoms with Gasteiger partial charge in [0, 0.05) is 31.1 Å². The molecule has 1 aromatic heterocycles. The van der Waals surface area contributed by atoms with Gasteiger partial charge < -0.3 is 15.0 Å². The molecule has 0 aliphatic rings. The van der Waals surface area contributed by atoms with Gasteiger partial charge in [0.25, 0.3) is 0 Å². The third-order valence-electron chi connectivity index (χ3n) is 4.97. The molecular formula is C24H29N3O2. The van der Waals surface area contributed by atoms with Crippen LogP contribution in [-0.2, 0) is 11.2 Å². The van der Waals surface area contributed by atoms with Crippen molar-refractivity contribution >= 4 is 16.8 Å². The summed E-state index contributed by atoms with van der Waals surface area (Å²) in [6.45, 7) is 7.86. The van der Waals surface area contributed by atoms with Crippen LogP contribution in [0.2, 0.25) is 0 Å². The zero-order chi connectivity index (χ0) is 20.5. The van der Waals surface area contributed by atoms with Crippen molar-refractivity contribution in [2.75, 3.05) is 26.2 Å². The number of likely N-dealkylation sites (N-methyl/N-ethyl adjacent to an activating group) is 1. The fraction of sp³-hybridized carbons (Fsp3) is 0.333. The Morgan fingerprint density at radius 3 is 2.59 bits per heavy atom. The Bertz CT molecular complexity index is 924. The van der Waals surface area contributed by atoms with Crippen LogP contribution in [0.1, 0.15) is 25.8 Å². The molecule has 152 valence electrons. The lowest BCUT2D eigenvalue weighted by Crippen LogP contribution is -2.34. The minimum Gasteiger partial charge on any atom is -0.457 e. The monoisotopic (exact) mass is 391 g/mol. The third kappa shape index (κ3) is 6.29. The summed E-state index contributed by atoms with van der Waals surface area (Å²) in [6, 6.07) is 17.7. The summed E-state index contributed by atoms with van der Waals surface area (Å²) >= 11 is 0. The van der Waals surface area contributed by atoms with Crippen molar-refractivity contribution in [3.05, 3.63) is 66.4 Å². The molecule has 5 heteroatoms. The van der Waals surface area contributed by atoms with Crippen molar-refractivity contribution in [1.29, 1.82) is 0 Å². The fourth-order valence-electron chi connectivity index (χ4n) is 3.22. The van der Waals surface area contributed by atoms with Crippen molar-refractivity contribution < 1.29 is 9.53 Å². The van der Waals surface area contributed by atoms with E-state index in [0.717, 1.165) is 47.6 Å². The van der Waals surface area contributed by atoms with E-state index in [9.17, 15) is 4.79 Å². The molecule has 0 saturated heterocycles. The molecule has 1 N–H and O–H groups in total. The minimum absolute atomic E-state index is 0.0819. The number of nitrogens with zero attached hydrogens (tertiary/aromatic N) is 2. The molecule has 2 aromatic carbocycles. The number of rotatable bonds is 10. The second-order valence-corrected chi connectivity index (χ2v) is 6.99. The van der Waals surface area contributed by atoms with Gasteiger partial charge in [0.1, 0.15) is 11.5 Å². The van der Waals surface area contributed by atoms with E-state index in [-0.39, 0.29) is 5.91 Å². The van der Waals surface area contributed by atoms with Crippen molar-refractivity contribution in [3.8, 4) is 11.5 Å². The van der Waals surface area contributed by atoms with Gasteiger partial charge in [-0.15, -0.1) is 0 Å². The highest BCUT2D eigenvalue weighted by Gasteiger charge is 2.06. The first-order valence-electron chi connectivity index (χ1n) is 10.3. The van der Waals surface area contributed by atoms with E-state index < -0.39 is 0 Å². The van der Waals surface area contributed by atoms with Crippen LogP contribution in [-0.4, -0.2) is 42.0 Å². The van der Waals surface area contributed by atoms with Gasteiger partial charge in [-0.1, -0.05) is 32.0 Å². The zero-order valence-corrected chi connectivity index (χ0v) is 17.2. The number of pyridine rings is 1. The highest BCUT2D eigenvalue weighted by atomic mass is 16.5. The molecule has 0 aliphatic heterocycles. The molecule has 1 heterocycles. The highest BCUT2D eigenvalue weighted by Crippen LogP contribution is 2.25. The Kier molecular flexibility index (Phi) is 7.59.